The Balaban J connectivity index is 1.91. The lowest BCUT2D eigenvalue weighted by Gasteiger charge is -2.14. The number of amides is 2. The van der Waals surface area contributed by atoms with Crippen molar-refractivity contribution in [2.45, 2.75) is 17.7 Å². The van der Waals surface area contributed by atoms with Gasteiger partial charge in [0.05, 0.1) is 4.90 Å². The molecule has 6 nitrogen and oxygen atoms in total. The molecule has 2 aromatic carbocycles. The van der Waals surface area contributed by atoms with Crippen molar-refractivity contribution >= 4 is 21.7 Å². The van der Waals surface area contributed by atoms with Crippen molar-refractivity contribution in [3.05, 3.63) is 60.2 Å². The Kier molecular flexibility index (Phi) is 6.17. The summed E-state index contributed by atoms with van der Waals surface area (Å²) >= 11 is 0. The summed E-state index contributed by atoms with van der Waals surface area (Å²) < 4.78 is 25.2. The molecule has 0 aliphatic heterocycles. The molecule has 0 heterocycles. The third kappa shape index (κ3) is 5.04. The van der Waals surface area contributed by atoms with Crippen molar-refractivity contribution in [2.75, 3.05) is 26.0 Å². The van der Waals surface area contributed by atoms with Crippen LogP contribution in [0.3, 0.4) is 0 Å². The predicted octanol–water partition coefficient (Wildman–Crippen LogP) is 2.86. The van der Waals surface area contributed by atoms with E-state index in [0.717, 1.165) is 9.87 Å². The molecule has 2 aromatic rings. The minimum Gasteiger partial charge on any atom is -0.337 e. The topological polar surface area (TPSA) is 78.5 Å². The van der Waals surface area contributed by atoms with Gasteiger partial charge in [-0.05, 0) is 35.7 Å². The van der Waals surface area contributed by atoms with Crippen LogP contribution in [0.2, 0.25) is 0 Å². The molecule has 0 unspecified atom stereocenters. The van der Waals surface area contributed by atoms with Crippen LogP contribution in [0.15, 0.2) is 59.5 Å². The molecule has 134 valence electrons. The maximum Gasteiger partial charge on any atom is 0.319 e. The van der Waals surface area contributed by atoms with E-state index in [2.05, 4.69) is 10.6 Å². The van der Waals surface area contributed by atoms with E-state index < -0.39 is 10.0 Å². The van der Waals surface area contributed by atoms with E-state index in [4.69, 9.17) is 0 Å². The van der Waals surface area contributed by atoms with Crippen LogP contribution in [-0.4, -0.2) is 39.4 Å². The molecule has 0 aliphatic rings. The maximum atomic E-state index is 12.0. The molecule has 0 aromatic heterocycles. The predicted molar refractivity (Wildman–Crippen MR) is 99.2 cm³/mol. The standard InChI is InChI=1S/C18H23N3O3S/c1-14(15-7-5-4-6-8-15)13-19-18(22)20-16-9-11-17(12-10-16)25(23,24)21(2)3/h4-12,14H,13H2,1-3H3,(H2,19,20,22)/t14-/m1/s1. The second kappa shape index (κ2) is 8.13. The van der Waals surface area contributed by atoms with E-state index in [1.165, 1.54) is 26.2 Å². The first-order valence-electron chi connectivity index (χ1n) is 7.93. The van der Waals surface area contributed by atoms with Crippen LogP contribution in [0.1, 0.15) is 18.4 Å². The Morgan fingerprint density at radius 3 is 2.20 bits per heavy atom. The average Bonchev–Trinajstić information content (AvgIpc) is 2.60. The summed E-state index contributed by atoms with van der Waals surface area (Å²) in [5.41, 5.74) is 1.68. The van der Waals surface area contributed by atoms with Crippen LogP contribution in [0.4, 0.5) is 10.5 Å². The number of rotatable bonds is 6. The first-order valence-corrected chi connectivity index (χ1v) is 9.37. The van der Waals surface area contributed by atoms with Gasteiger partial charge in [0.25, 0.3) is 0 Å². The number of hydrogen-bond donors (Lipinski definition) is 2. The molecule has 0 aliphatic carbocycles. The number of hydrogen-bond acceptors (Lipinski definition) is 3. The zero-order chi connectivity index (χ0) is 18.4. The molecule has 0 spiro atoms. The summed E-state index contributed by atoms with van der Waals surface area (Å²) in [6.07, 6.45) is 0. The van der Waals surface area contributed by atoms with E-state index in [1.807, 2.05) is 37.3 Å². The second-order valence-corrected chi connectivity index (χ2v) is 8.11. The van der Waals surface area contributed by atoms with Crippen LogP contribution >= 0.6 is 0 Å². The van der Waals surface area contributed by atoms with Crippen molar-refractivity contribution in [1.29, 1.82) is 0 Å². The fourth-order valence-electron chi connectivity index (χ4n) is 2.24. The molecule has 0 saturated carbocycles. The Labute approximate surface area is 148 Å². The molecule has 1 atom stereocenters. The highest BCUT2D eigenvalue weighted by molar-refractivity contribution is 7.89. The van der Waals surface area contributed by atoms with E-state index in [0.29, 0.717) is 12.2 Å². The molecule has 7 heteroatoms. The number of nitrogens with zero attached hydrogens (tertiary/aromatic N) is 1. The maximum absolute atomic E-state index is 12.0. The lowest BCUT2D eigenvalue weighted by molar-refractivity contribution is 0.251. The number of sulfonamides is 1. The van der Waals surface area contributed by atoms with Crippen molar-refractivity contribution in [2.24, 2.45) is 0 Å². The Morgan fingerprint density at radius 1 is 1.04 bits per heavy atom. The number of benzene rings is 2. The van der Waals surface area contributed by atoms with E-state index in [1.54, 1.807) is 12.1 Å². The molecule has 0 bridgehead atoms. The lowest BCUT2D eigenvalue weighted by Crippen LogP contribution is -2.31. The Bertz CT molecular complexity index is 803. The Morgan fingerprint density at radius 2 is 1.64 bits per heavy atom. The highest BCUT2D eigenvalue weighted by Gasteiger charge is 2.16. The van der Waals surface area contributed by atoms with Crippen LogP contribution in [0, 0.1) is 0 Å². The summed E-state index contributed by atoms with van der Waals surface area (Å²) in [6, 6.07) is 15.7. The summed E-state index contributed by atoms with van der Waals surface area (Å²) in [4.78, 5) is 12.2. The zero-order valence-electron chi connectivity index (χ0n) is 14.6. The van der Waals surface area contributed by atoms with Crippen LogP contribution < -0.4 is 10.6 Å². The number of anilines is 1. The molecule has 2 amide bonds. The van der Waals surface area contributed by atoms with Crippen molar-refractivity contribution in [3.63, 3.8) is 0 Å². The number of nitrogens with one attached hydrogen (secondary N) is 2. The molecule has 0 radical (unpaired) electrons. The van der Waals surface area contributed by atoms with Gasteiger partial charge in [-0.15, -0.1) is 0 Å². The van der Waals surface area contributed by atoms with Crippen LogP contribution in [-0.2, 0) is 10.0 Å². The van der Waals surface area contributed by atoms with E-state index in [9.17, 15) is 13.2 Å². The van der Waals surface area contributed by atoms with Gasteiger partial charge >= 0.3 is 6.03 Å². The minimum atomic E-state index is -3.47. The van der Waals surface area contributed by atoms with Crippen molar-refractivity contribution in [1.82, 2.24) is 9.62 Å². The summed E-state index contributed by atoms with van der Waals surface area (Å²) in [6.45, 7) is 2.54. The Hall–Kier alpha value is -2.38. The van der Waals surface area contributed by atoms with Gasteiger partial charge in [0.2, 0.25) is 10.0 Å². The van der Waals surface area contributed by atoms with Gasteiger partial charge in [0.1, 0.15) is 0 Å². The average molecular weight is 361 g/mol. The van der Waals surface area contributed by atoms with Gasteiger partial charge in [0, 0.05) is 26.3 Å². The van der Waals surface area contributed by atoms with Gasteiger partial charge < -0.3 is 10.6 Å². The second-order valence-electron chi connectivity index (χ2n) is 5.96. The van der Waals surface area contributed by atoms with Crippen LogP contribution in [0.5, 0.6) is 0 Å². The summed E-state index contributed by atoms with van der Waals surface area (Å²) in [5.74, 6) is 0.194. The molecule has 25 heavy (non-hydrogen) atoms. The lowest BCUT2D eigenvalue weighted by atomic mass is 10.0. The minimum absolute atomic E-state index is 0.182. The van der Waals surface area contributed by atoms with Gasteiger partial charge in [-0.1, -0.05) is 37.3 Å². The van der Waals surface area contributed by atoms with E-state index >= 15 is 0 Å². The van der Waals surface area contributed by atoms with Crippen molar-refractivity contribution < 1.29 is 13.2 Å². The molecule has 0 saturated heterocycles. The van der Waals surface area contributed by atoms with E-state index in [-0.39, 0.29) is 16.8 Å². The summed E-state index contributed by atoms with van der Waals surface area (Å²) in [7, 11) is -0.519. The molecule has 0 fully saturated rings. The number of carbonyl (C=O) groups excluding carboxylic acids is 1. The number of carbonyl (C=O) groups is 1. The fraction of sp³-hybridized carbons (Fsp3) is 0.278. The highest BCUT2D eigenvalue weighted by atomic mass is 32.2. The SMILES string of the molecule is C[C@H](CNC(=O)Nc1ccc(S(=O)(=O)N(C)C)cc1)c1ccccc1. The molecular weight excluding hydrogens is 338 g/mol. The molecule has 2 N–H and O–H groups in total. The third-order valence-electron chi connectivity index (χ3n) is 3.83. The zero-order valence-corrected chi connectivity index (χ0v) is 15.4. The van der Waals surface area contributed by atoms with Gasteiger partial charge in [-0.2, -0.15) is 0 Å². The monoisotopic (exact) mass is 361 g/mol. The van der Waals surface area contributed by atoms with Crippen LogP contribution in [0.25, 0.3) is 0 Å². The first kappa shape index (κ1) is 19.0. The first-order chi connectivity index (χ1) is 11.8. The molecule has 2 rings (SSSR count). The quantitative estimate of drug-likeness (QED) is 0.830. The number of urea groups is 1. The largest absolute Gasteiger partial charge is 0.337 e. The van der Waals surface area contributed by atoms with Gasteiger partial charge in [-0.25, -0.2) is 17.5 Å². The van der Waals surface area contributed by atoms with Crippen molar-refractivity contribution in [3.8, 4) is 0 Å². The third-order valence-corrected chi connectivity index (χ3v) is 5.66. The summed E-state index contributed by atoms with van der Waals surface area (Å²) in [5, 5.41) is 5.51. The molecular formula is C18H23N3O3S. The normalized spacial score (nSPS) is 12.6. The van der Waals surface area contributed by atoms with Gasteiger partial charge in [-0.3, -0.25) is 0 Å². The smallest absolute Gasteiger partial charge is 0.319 e. The fourth-order valence-corrected chi connectivity index (χ4v) is 3.14. The van der Waals surface area contributed by atoms with Gasteiger partial charge in [0.15, 0.2) is 0 Å². The highest BCUT2D eigenvalue weighted by Crippen LogP contribution is 2.17.